The van der Waals surface area contributed by atoms with Gasteiger partial charge in [-0.05, 0) is 22.6 Å². The van der Waals surface area contributed by atoms with E-state index < -0.39 is 12.0 Å². The van der Waals surface area contributed by atoms with E-state index in [1.165, 1.54) is 14.0 Å². The van der Waals surface area contributed by atoms with Crippen LogP contribution in [-0.4, -0.2) is 34.8 Å². The second-order valence-corrected chi connectivity index (χ2v) is 4.40. The molecule has 1 aromatic rings. The van der Waals surface area contributed by atoms with Crippen molar-refractivity contribution < 1.29 is 14.3 Å². The third kappa shape index (κ3) is 3.80. The summed E-state index contributed by atoms with van der Waals surface area (Å²) < 4.78 is 7.14. The molecule has 1 aromatic heterocycles. The Morgan fingerprint density at radius 3 is 2.81 bits per heavy atom. The quantitative estimate of drug-likeness (QED) is 0.628. The van der Waals surface area contributed by atoms with E-state index in [0.717, 1.165) is 3.57 Å². The number of ether oxygens (including phenoxy) is 1. The number of carbonyl (C=O) groups excluding carboxylic acids is 2. The summed E-state index contributed by atoms with van der Waals surface area (Å²) in [6.45, 7) is 1.61. The Hall–Kier alpha value is -1.12. The summed E-state index contributed by atoms with van der Waals surface area (Å²) in [5.74, 6) is -0.766. The number of halogens is 1. The zero-order chi connectivity index (χ0) is 12.1. The monoisotopic (exact) mass is 337 g/mol. The maximum absolute atomic E-state index is 11.4. The van der Waals surface area contributed by atoms with Gasteiger partial charge in [0.2, 0.25) is 5.91 Å². The van der Waals surface area contributed by atoms with Crippen molar-refractivity contribution in [1.82, 2.24) is 15.1 Å². The maximum Gasteiger partial charge on any atom is 0.330 e. The first-order chi connectivity index (χ1) is 7.52. The van der Waals surface area contributed by atoms with E-state index in [9.17, 15) is 9.59 Å². The molecule has 6 nitrogen and oxygen atoms in total. The van der Waals surface area contributed by atoms with E-state index >= 15 is 0 Å². The van der Waals surface area contributed by atoms with Gasteiger partial charge in [0.1, 0.15) is 6.04 Å². The summed E-state index contributed by atoms with van der Waals surface area (Å²) in [7, 11) is 1.28. The molecular formula is C9H12IN3O3. The minimum atomic E-state index is -0.710. The first kappa shape index (κ1) is 12.9. The molecule has 1 atom stereocenters. The van der Waals surface area contributed by atoms with Crippen molar-refractivity contribution in [3.8, 4) is 0 Å². The topological polar surface area (TPSA) is 73.2 Å². The van der Waals surface area contributed by atoms with E-state index in [0.29, 0.717) is 0 Å². The van der Waals surface area contributed by atoms with Crippen molar-refractivity contribution in [3.63, 3.8) is 0 Å². The standard InChI is InChI=1S/C9H12IN3O3/c1-6(14)12-8(9(15)16-2)5-13-4-7(10)3-11-13/h3-4,8H,5H2,1-2H3,(H,12,14). The van der Waals surface area contributed by atoms with Gasteiger partial charge < -0.3 is 10.1 Å². The minimum Gasteiger partial charge on any atom is -0.467 e. The van der Waals surface area contributed by atoms with Crippen LogP contribution in [0.15, 0.2) is 12.4 Å². The van der Waals surface area contributed by atoms with Crippen LogP contribution in [-0.2, 0) is 20.9 Å². The minimum absolute atomic E-state index is 0.259. The fraction of sp³-hybridized carbons (Fsp3) is 0.444. The number of rotatable bonds is 4. The first-order valence-corrected chi connectivity index (χ1v) is 5.63. The van der Waals surface area contributed by atoms with Gasteiger partial charge in [0.15, 0.2) is 0 Å². The molecule has 1 amide bonds. The highest BCUT2D eigenvalue weighted by atomic mass is 127. The average Bonchev–Trinajstić information content (AvgIpc) is 2.61. The molecule has 88 valence electrons. The smallest absolute Gasteiger partial charge is 0.330 e. The lowest BCUT2D eigenvalue weighted by Gasteiger charge is -2.15. The number of amides is 1. The normalized spacial score (nSPS) is 11.9. The summed E-state index contributed by atoms with van der Waals surface area (Å²) >= 11 is 2.11. The van der Waals surface area contributed by atoms with Crippen LogP contribution in [0.4, 0.5) is 0 Å². The average molecular weight is 337 g/mol. The molecule has 1 N–H and O–H groups in total. The van der Waals surface area contributed by atoms with Crippen molar-refractivity contribution in [2.24, 2.45) is 0 Å². The number of aromatic nitrogens is 2. The summed E-state index contributed by atoms with van der Waals surface area (Å²) in [4.78, 5) is 22.3. The lowest BCUT2D eigenvalue weighted by Crippen LogP contribution is -2.43. The van der Waals surface area contributed by atoms with Crippen molar-refractivity contribution in [3.05, 3.63) is 16.0 Å². The lowest BCUT2D eigenvalue weighted by molar-refractivity contribution is -0.145. The fourth-order valence-electron chi connectivity index (χ4n) is 1.19. The molecule has 0 radical (unpaired) electrons. The molecule has 1 unspecified atom stereocenters. The zero-order valence-corrected chi connectivity index (χ0v) is 11.1. The molecule has 16 heavy (non-hydrogen) atoms. The van der Waals surface area contributed by atoms with Gasteiger partial charge in [0.25, 0.3) is 0 Å². The molecular weight excluding hydrogens is 325 g/mol. The van der Waals surface area contributed by atoms with Crippen LogP contribution < -0.4 is 5.32 Å². The van der Waals surface area contributed by atoms with Crippen LogP contribution in [0.25, 0.3) is 0 Å². The summed E-state index contributed by atoms with van der Waals surface area (Å²) in [5, 5.41) is 6.54. The van der Waals surface area contributed by atoms with Crippen LogP contribution >= 0.6 is 22.6 Å². The fourth-order valence-corrected chi connectivity index (χ4v) is 1.64. The number of hydrogen-bond donors (Lipinski definition) is 1. The third-order valence-corrected chi connectivity index (χ3v) is 2.39. The number of methoxy groups -OCH3 is 1. The molecule has 0 aliphatic rings. The SMILES string of the molecule is COC(=O)C(Cn1cc(I)cn1)NC(C)=O. The molecule has 0 aromatic carbocycles. The molecule has 0 spiro atoms. The predicted octanol–water partition coefficient (Wildman–Crippen LogP) is 0.165. The highest BCUT2D eigenvalue weighted by Gasteiger charge is 2.20. The van der Waals surface area contributed by atoms with Crippen LogP contribution in [0.5, 0.6) is 0 Å². The molecule has 0 saturated carbocycles. The van der Waals surface area contributed by atoms with Gasteiger partial charge in [0.05, 0.1) is 23.4 Å². The van der Waals surface area contributed by atoms with Gasteiger partial charge in [-0.2, -0.15) is 5.10 Å². The summed E-state index contributed by atoms with van der Waals surface area (Å²) in [5.41, 5.74) is 0. The third-order valence-electron chi connectivity index (χ3n) is 1.83. The van der Waals surface area contributed by atoms with Gasteiger partial charge in [-0.1, -0.05) is 0 Å². The van der Waals surface area contributed by atoms with E-state index in [2.05, 4.69) is 37.7 Å². The second kappa shape index (κ2) is 5.83. The first-order valence-electron chi connectivity index (χ1n) is 4.56. The molecule has 1 heterocycles. The predicted molar refractivity (Wildman–Crippen MR) is 64.6 cm³/mol. The Balaban J connectivity index is 2.70. The van der Waals surface area contributed by atoms with Gasteiger partial charge in [-0.15, -0.1) is 0 Å². The lowest BCUT2D eigenvalue weighted by atomic mass is 10.3. The Morgan fingerprint density at radius 1 is 1.69 bits per heavy atom. The number of nitrogens with zero attached hydrogens (tertiary/aromatic N) is 2. The Labute approximate surface area is 106 Å². The number of hydrogen-bond acceptors (Lipinski definition) is 4. The Kier molecular flexibility index (Phi) is 4.71. The maximum atomic E-state index is 11.4. The van der Waals surface area contributed by atoms with E-state index in [-0.39, 0.29) is 12.5 Å². The van der Waals surface area contributed by atoms with Gasteiger partial charge in [0, 0.05) is 13.1 Å². The second-order valence-electron chi connectivity index (χ2n) is 3.16. The van der Waals surface area contributed by atoms with E-state index in [1.54, 1.807) is 17.1 Å². The zero-order valence-electron chi connectivity index (χ0n) is 8.94. The molecule has 0 fully saturated rings. The van der Waals surface area contributed by atoms with Crippen molar-refractivity contribution in [2.75, 3.05) is 7.11 Å². The Bertz CT molecular complexity index is 391. The molecule has 0 aliphatic heterocycles. The molecule has 0 aliphatic carbocycles. The van der Waals surface area contributed by atoms with E-state index in [1.807, 2.05) is 0 Å². The summed E-state index contributed by atoms with van der Waals surface area (Å²) in [6.07, 6.45) is 3.45. The summed E-state index contributed by atoms with van der Waals surface area (Å²) in [6, 6.07) is -0.710. The highest BCUT2D eigenvalue weighted by molar-refractivity contribution is 14.1. The highest BCUT2D eigenvalue weighted by Crippen LogP contribution is 2.02. The molecule has 7 heteroatoms. The van der Waals surface area contributed by atoms with Crippen LogP contribution in [0, 0.1) is 3.57 Å². The Morgan fingerprint density at radius 2 is 2.38 bits per heavy atom. The number of nitrogens with one attached hydrogen (secondary N) is 1. The van der Waals surface area contributed by atoms with Crippen LogP contribution in [0.2, 0.25) is 0 Å². The molecule has 1 rings (SSSR count). The number of esters is 1. The van der Waals surface area contributed by atoms with Gasteiger partial charge >= 0.3 is 5.97 Å². The van der Waals surface area contributed by atoms with Crippen LogP contribution in [0.3, 0.4) is 0 Å². The van der Waals surface area contributed by atoms with Crippen molar-refractivity contribution in [2.45, 2.75) is 19.5 Å². The molecule has 0 saturated heterocycles. The van der Waals surface area contributed by atoms with Crippen molar-refractivity contribution >= 4 is 34.5 Å². The van der Waals surface area contributed by atoms with E-state index in [4.69, 9.17) is 0 Å². The van der Waals surface area contributed by atoms with Gasteiger partial charge in [-0.25, -0.2) is 4.79 Å². The number of carbonyl (C=O) groups is 2. The molecule has 0 bridgehead atoms. The van der Waals surface area contributed by atoms with Gasteiger partial charge in [-0.3, -0.25) is 9.48 Å². The van der Waals surface area contributed by atoms with Crippen molar-refractivity contribution in [1.29, 1.82) is 0 Å². The van der Waals surface area contributed by atoms with Crippen LogP contribution in [0.1, 0.15) is 6.92 Å². The largest absolute Gasteiger partial charge is 0.467 e.